The molecular weight excluding hydrogens is 317 g/mol. The third-order valence-electron chi connectivity index (χ3n) is 3.76. The highest BCUT2D eigenvalue weighted by molar-refractivity contribution is 5.94. The number of rotatable bonds is 4. The molecule has 130 valence electrons. The van der Waals surface area contributed by atoms with Crippen molar-refractivity contribution in [1.29, 1.82) is 0 Å². The number of hydrogen-bond donors (Lipinski definition) is 2. The Hall–Kier alpha value is -2.64. The molecule has 1 aliphatic rings. The lowest BCUT2D eigenvalue weighted by atomic mass is 10.2. The molecule has 0 saturated carbocycles. The summed E-state index contributed by atoms with van der Waals surface area (Å²) in [5, 5.41) is 11.1. The predicted molar refractivity (Wildman–Crippen MR) is 84.1 cm³/mol. The van der Waals surface area contributed by atoms with Crippen molar-refractivity contribution in [2.45, 2.75) is 12.8 Å². The summed E-state index contributed by atoms with van der Waals surface area (Å²) in [5.74, 6) is -1.70. The number of carboxylic acids is 1. The summed E-state index contributed by atoms with van der Waals surface area (Å²) in [6.45, 7) is 1.72. The number of aliphatic carboxylic acids is 1. The Morgan fingerprint density at radius 1 is 1.12 bits per heavy atom. The van der Waals surface area contributed by atoms with Gasteiger partial charge < -0.3 is 20.2 Å². The lowest BCUT2D eigenvalue weighted by molar-refractivity contribution is -0.136. The van der Waals surface area contributed by atoms with Crippen LogP contribution < -0.4 is 5.32 Å². The van der Waals surface area contributed by atoms with Gasteiger partial charge in [0.15, 0.2) is 0 Å². The van der Waals surface area contributed by atoms with Crippen molar-refractivity contribution in [2.75, 3.05) is 32.7 Å². The fourth-order valence-electron chi connectivity index (χ4n) is 2.52. The number of urea groups is 1. The number of nitrogens with zero attached hydrogens (tertiary/aromatic N) is 2. The number of nitrogens with one attached hydrogen (secondary N) is 1. The van der Waals surface area contributed by atoms with E-state index in [9.17, 15) is 18.8 Å². The Morgan fingerprint density at radius 3 is 2.54 bits per heavy atom. The van der Waals surface area contributed by atoms with Gasteiger partial charge in [0.1, 0.15) is 5.82 Å². The third kappa shape index (κ3) is 4.94. The number of benzene rings is 1. The zero-order chi connectivity index (χ0) is 17.5. The molecule has 1 aromatic carbocycles. The molecule has 7 nitrogen and oxygen atoms in total. The van der Waals surface area contributed by atoms with Crippen molar-refractivity contribution in [3.8, 4) is 0 Å². The first-order chi connectivity index (χ1) is 11.5. The topological polar surface area (TPSA) is 89.9 Å². The number of hydrogen-bond acceptors (Lipinski definition) is 3. The number of carboxylic acid groups (broad SMARTS) is 1. The van der Waals surface area contributed by atoms with Gasteiger partial charge in [-0.2, -0.15) is 0 Å². The summed E-state index contributed by atoms with van der Waals surface area (Å²) in [6, 6.07) is 5.19. The zero-order valence-corrected chi connectivity index (χ0v) is 13.2. The van der Waals surface area contributed by atoms with Crippen LogP contribution in [0, 0.1) is 5.82 Å². The van der Waals surface area contributed by atoms with Crippen molar-refractivity contribution in [3.05, 3.63) is 35.6 Å². The summed E-state index contributed by atoms with van der Waals surface area (Å²) in [6.07, 6.45) is 0.469. The molecule has 0 unspecified atom stereocenters. The average Bonchev–Trinajstić information content (AvgIpc) is 2.80. The highest BCUT2D eigenvalue weighted by atomic mass is 19.1. The van der Waals surface area contributed by atoms with E-state index in [1.165, 1.54) is 18.2 Å². The van der Waals surface area contributed by atoms with Crippen LogP contribution in [0.1, 0.15) is 23.2 Å². The quantitative estimate of drug-likeness (QED) is 0.863. The minimum atomic E-state index is -0.974. The standard InChI is InChI=1S/C16H20FN3O4/c17-13-4-1-3-12(11-13)15(23)19-7-2-8-20(10-9-19)16(24)18-6-5-14(21)22/h1,3-4,11H,2,5-10H2,(H,18,24)(H,21,22). The minimum Gasteiger partial charge on any atom is -0.481 e. The Labute approximate surface area is 139 Å². The SMILES string of the molecule is O=C(O)CCNC(=O)N1CCCN(C(=O)c2cccc(F)c2)CC1. The van der Waals surface area contributed by atoms with Crippen molar-refractivity contribution in [3.63, 3.8) is 0 Å². The normalized spacial score (nSPS) is 14.9. The van der Waals surface area contributed by atoms with Crippen LogP contribution >= 0.6 is 0 Å². The second-order valence-corrected chi connectivity index (χ2v) is 5.52. The largest absolute Gasteiger partial charge is 0.481 e. The molecule has 2 N–H and O–H groups in total. The molecule has 24 heavy (non-hydrogen) atoms. The molecule has 0 aliphatic carbocycles. The van der Waals surface area contributed by atoms with E-state index in [4.69, 9.17) is 5.11 Å². The first-order valence-corrected chi connectivity index (χ1v) is 7.77. The van der Waals surface area contributed by atoms with Crippen LogP contribution in [0.15, 0.2) is 24.3 Å². The first-order valence-electron chi connectivity index (χ1n) is 7.77. The minimum absolute atomic E-state index is 0.0661. The van der Waals surface area contributed by atoms with Crippen LogP contribution in [0.4, 0.5) is 9.18 Å². The maximum atomic E-state index is 13.2. The Balaban J connectivity index is 1.89. The molecule has 0 aromatic heterocycles. The highest BCUT2D eigenvalue weighted by Gasteiger charge is 2.22. The average molecular weight is 337 g/mol. The summed E-state index contributed by atoms with van der Waals surface area (Å²) in [7, 11) is 0. The molecule has 1 aromatic rings. The van der Waals surface area contributed by atoms with Gasteiger partial charge in [-0.15, -0.1) is 0 Å². The fraction of sp³-hybridized carbons (Fsp3) is 0.438. The molecule has 0 radical (unpaired) electrons. The van der Waals surface area contributed by atoms with Crippen molar-refractivity contribution in [1.82, 2.24) is 15.1 Å². The molecule has 1 fully saturated rings. The zero-order valence-electron chi connectivity index (χ0n) is 13.2. The van der Waals surface area contributed by atoms with Gasteiger partial charge in [-0.05, 0) is 24.6 Å². The second kappa shape index (κ2) is 8.28. The number of halogens is 1. The van der Waals surface area contributed by atoms with E-state index in [1.54, 1.807) is 15.9 Å². The summed E-state index contributed by atoms with van der Waals surface area (Å²) >= 11 is 0. The van der Waals surface area contributed by atoms with Crippen LogP contribution in [0.3, 0.4) is 0 Å². The van der Waals surface area contributed by atoms with Gasteiger partial charge in [-0.25, -0.2) is 9.18 Å². The van der Waals surface area contributed by atoms with E-state index in [-0.39, 0.29) is 30.5 Å². The van der Waals surface area contributed by atoms with E-state index in [1.807, 2.05) is 0 Å². The molecule has 3 amide bonds. The maximum absolute atomic E-state index is 13.2. The molecule has 0 bridgehead atoms. The Kier molecular flexibility index (Phi) is 6.11. The summed E-state index contributed by atoms with van der Waals surface area (Å²) in [4.78, 5) is 38.0. The molecule has 0 spiro atoms. The van der Waals surface area contributed by atoms with Gasteiger partial charge in [-0.1, -0.05) is 6.07 Å². The van der Waals surface area contributed by atoms with E-state index in [0.717, 1.165) is 0 Å². The van der Waals surface area contributed by atoms with Crippen molar-refractivity contribution in [2.24, 2.45) is 0 Å². The predicted octanol–water partition coefficient (Wildman–Crippen LogP) is 1.16. The van der Waals surface area contributed by atoms with Gasteiger partial charge in [0.2, 0.25) is 0 Å². The molecule has 0 atom stereocenters. The highest BCUT2D eigenvalue weighted by Crippen LogP contribution is 2.11. The number of carbonyl (C=O) groups excluding carboxylic acids is 2. The first kappa shape index (κ1) is 17.7. The molecule has 1 heterocycles. The van der Waals surface area contributed by atoms with Gasteiger partial charge in [0.25, 0.3) is 5.91 Å². The lowest BCUT2D eigenvalue weighted by Gasteiger charge is -2.22. The smallest absolute Gasteiger partial charge is 0.317 e. The van der Waals surface area contributed by atoms with E-state index < -0.39 is 11.8 Å². The van der Waals surface area contributed by atoms with E-state index >= 15 is 0 Å². The second-order valence-electron chi connectivity index (χ2n) is 5.52. The summed E-state index contributed by atoms with van der Waals surface area (Å²) in [5.41, 5.74) is 0.286. The van der Waals surface area contributed by atoms with Crippen LogP contribution in [0.5, 0.6) is 0 Å². The maximum Gasteiger partial charge on any atom is 0.317 e. The Bertz CT molecular complexity index is 623. The lowest BCUT2D eigenvalue weighted by Crippen LogP contribution is -2.43. The fourth-order valence-corrected chi connectivity index (χ4v) is 2.52. The van der Waals surface area contributed by atoms with Crippen molar-refractivity contribution < 1.29 is 23.9 Å². The van der Waals surface area contributed by atoms with E-state index in [0.29, 0.717) is 32.6 Å². The van der Waals surface area contributed by atoms with Crippen LogP contribution in [0.25, 0.3) is 0 Å². The van der Waals surface area contributed by atoms with Crippen LogP contribution in [0.2, 0.25) is 0 Å². The summed E-state index contributed by atoms with van der Waals surface area (Å²) < 4.78 is 13.2. The van der Waals surface area contributed by atoms with Gasteiger partial charge >= 0.3 is 12.0 Å². The van der Waals surface area contributed by atoms with Crippen LogP contribution in [-0.4, -0.2) is 65.5 Å². The monoisotopic (exact) mass is 337 g/mol. The molecule has 8 heteroatoms. The van der Waals surface area contributed by atoms with Gasteiger partial charge in [0, 0.05) is 38.3 Å². The molecule has 2 rings (SSSR count). The number of amides is 3. The van der Waals surface area contributed by atoms with Crippen molar-refractivity contribution >= 4 is 17.9 Å². The molecule has 1 aliphatic heterocycles. The molecule has 1 saturated heterocycles. The van der Waals surface area contributed by atoms with E-state index in [2.05, 4.69) is 5.32 Å². The van der Waals surface area contributed by atoms with Gasteiger partial charge in [-0.3, -0.25) is 9.59 Å². The third-order valence-corrected chi connectivity index (χ3v) is 3.76. The van der Waals surface area contributed by atoms with Crippen LogP contribution in [-0.2, 0) is 4.79 Å². The number of carbonyl (C=O) groups is 3. The van der Waals surface area contributed by atoms with Gasteiger partial charge in [0.05, 0.1) is 6.42 Å². The Morgan fingerprint density at radius 2 is 1.83 bits per heavy atom. The molecular formula is C16H20FN3O4.